The number of hydrogen-bond donors (Lipinski definition) is 2. The summed E-state index contributed by atoms with van der Waals surface area (Å²) in [6, 6.07) is 16.8. The van der Waals surface area contributed by atoms with E-state index in [1.54, 1.807) is 10.8 Å². The molecule has 2 N–H and O–H groups in total. The van der Waals surface area contributed by atoms with Crippen LogP contribution in [0.3, 0.4) is 0 Å². The van der Waals surface area contributed by atoms with Gasteiger partial charge in [-0.1, -0.05) is 12.1 Å². The van der Waals surface area contributed by atoms with E-state index in [1.807, 2.05) is 43.5 Å². The Bertz CT molecular complexity index is 1510. The zero-order valence-corrected chi connectivity index (χ0v) is 20.7. The SMILES string of the molecule is Cc1cc(CN2CCCC2)cc(NCc2nc(-c3ccc4ncnn4c3)c(-c3cccc(C)n3)[nH]2)c1. The molecule has 4 aromatic heterocycles. The molecule has 8 heteroatoms. The molecule has 0 unspecified atom stereocenters. The monoisotopic (exact) mass is 478 g/mol. The van der Waals surface area contributed by atoms with Crippen LogP contribution in [-0.2, 0) is 13.1 Å². The molecule has 0 atom stereocenters. The Labute approximate surface area is 210 Å². The Kier molecular flexibility index (Phi) is 5.95. The number of aryl methyl sites for hydroxylation is 2. The predicted octanol–water partition coefficient (Wildman–Crippen LogP) is 5.01. The molecule has 0 aliphatic carbocycles. The number of likely N-dealkylation sites (tertiary alicyclic amines) is 1. The van der Waals surface area contributed by atoms with E-state index in [9.17, 15) is 0 Å². The van der Waals surface area contributed by atoms with Crippen molar-refractivity contribution in [2.75, 3.05) is 18.4 Å². The molecular formula is C28H30N8. The Morgan fingerprint density at radius 2 is 1.89 bits per heavy atom. The van der Waals surface area contributed by atoms with Gasteiger partial charge in [-0.25, -0.2) is 14.5 Å². The minimum atomic E-state index is 0.580. The van der Waals surface area contributed by atoms with Gasteiger partial charge in [-0.15, -0.1) is 0 Å². The number of H-pyrrole nitrogens is 1. The first-order chi connectivity index (χ1) is 17.6. The highest BCUT2D eigenvalue weighted by Gasteiger charge is 2.17. The van der Waals surface area contributed by atoms with Crippen LogP contribution in [-0.4, -0.2) is 47.5 Å². The number of hydrogen-bond acceptors (Lipinski definition) is 6. The lowest BCUT2D eigenvalue weighted by Crippen LogP contribution is -2.18. The molecule has 8 nitrogen and oxygen atoms in total. The number of rotatable bonds is 7. The van der Waals surface area contributed by atoms with Gasteiger partial charge in [0.05, 0.1) is 23.6 Å². The smallest absolute Gasteiger partial charge is 0.155 e. The summed E-state index contributed by atoms with van der Waals surface area (Å²) in [6.45, 7) is 8.14. The molecule has 1 saturated heterocycles. The topological polar surface area (TPSA) is 87.0 Å². The lowest BCUT2D eigenvalue weighted by atomic mass is 10.1. The second kappa shape index (κ2) is 9.54. The van der Waals surface area contributed by atoms with E-state index in [2.05, 4.69) is 50.4 Å². The summed E-state index contributed by atoms with van der Waals surface area (Å²) in [7, 11) is 0. The molecule has 5 heterocycles. The van der Waals surface area contributed by atoms with Gasteiger partial charge >= 0.3 is 0 Å². The van der Waals surface area contributed by atoms with Gasteiger partial charge in [0, 0.05) is 29.7 Å². The van der Waals surface area contributed by atoms with Gasteiger partial charge in [0.15, 0.2) is 5.65 Å². The van der Waals surface area contributed by atoms with Crippen LogP contribution in [0.25, 0.3) is 28.3 Å². The number of aromatic nitrogens is 6. The van der Waals surface area contributed by atoms with E-state index in [0.29, 0.717) is 6.54 Å². The second-order valence-electron chi connectivity index (χ2n) is 9.60. The lowest BCUT2D eigenvalue weighted by molar-refractivity contribution is 0.331. The van der Waals surface area contributed by atoms with Crippen LogP contribution >= 0.6 is 0 Å². The van der Waals surface area contributed by atoms with Gasteiger partial charge in [-0.3, -0.25) is 9.88 Å². The minimum Gasteiger partial charge on any atom is -0.378 e. The largest absolute Gasteiger partial charge is 0.378 e. The summed E-state index contributed by atoms with van der Waals surface area (Å²) < 4.78 is 1.77. The molecule has 36 heavy (non-hydrogen) atoms. The molecule has 1 aliphatic heterocycles. The summed E-state index contributed by atoms with van der Waals surface area (Å²) in [4.78, 5) is 20.1. The average Bonchev–Trinajstić information content (AvgIpc) is 3.63. The summed E-state index contributed by atoms with van der Waals surface area (Å²) in [5.74, 6) is 0.851. The number of fused-ring (bicyclic) bond motifs is 1. The molecule has 182 valence electrons. The van der Waals surface area contributed by atoms with E-state index in [1.165, 1.54) is 37.1 Å². The van der Waals surface area contributed by atoms with E-state index in [0.717, 1.165) is 52.0 Å². The first-order valence-electron chi connectivity index (χ1n) is 12.5. The quantitative estimate of drug-likeness (QED) is 0.342. The standard InChI is InChI=1S/C28H30N8/c1-19-12-21(16-35-10-3-4-11-35)14-23(13-19)29-15-25-33-27(22-8-9-26-30-18-31-36(26)17-22)28(34-25)24-7-5-6-20(2)32-24/h5-9,12-14,17-18,29H,3-4,10-11,15-16H2,1-2H3,(H,33,34). The molecular weight excluding hydrogens is 448 g/mol. The fourth-order valence-corrected chi connectivity index (χ4v) is 4.98. The van der Waals surface area contributed by atoms with Gasteiger partial charge in [0.1, 0.15) is 12.2 Å². The first-order valence-corrected chi connectivity index (χ1v) is 12.5. The molecule has 0 saturated carbocycles. The highest BCUT2D eigenvalue weighted by molar-refractivity contribution is 5.77. The number of aromatic amines is 1. The van der Waals surface area contributed by atoms with Crippen molar-refractivity contribution >= 4 is 11.3 Å². The number of nitrogens with zero attached hydrogens (tertiary/aromatic N) is 6. The van der Waals surface area contributed by atoms with Crippen molar-refractivity contribution in [2.45, 2.75) is 39.8 Å². The van der Waals surface area contributed by atoms with Crippen LogP contribution in [0, 0.1) is 13.8 Å². The Morgan fingerprint density at radius 1 is 1.00 bits per heavy atom. The van der Waals surface area contributed by atoms with E-state index in [-0.39, 0.29) is 0 Å². The fourth-order valence-electron chi connectivity index (χ4n) is 4.98. The minimum absolute atomic E-state index is 0.580. The van der Waals surface area contributed by atoms with E-state index < -0.39 is 0 Å². The van der Waals surface area contributed by atoms with Crippen molar-refractivity contribution in [3.05, 3.63) is 83.7 Å². The Morgan fingerprint density at radius 3 is 2.75 bits per heavy atom. The summed E-state index contributed by atoms with van der Waals surface area (Å²) >= 11 is 0. The summed E-state index contributed by atoms with van der Waals surface area (Å²) in [5, 5.41) is 7.88. The van der Waals surface area contributed by atoms with Gasteiger partial charge in [-0.2, -0.15) is 5.10 Å². The summed E-state index contributed by atoms with van der Waals surface area (Å²) in [6.07, 6.45) is 6.13. The lowest BCUT2D eigenvalue weighted by Gasteiger charge is -2.16. The van der Waals surface area contributed by atoms with E-state index >= 15 is 0 Å². The average molecular weight is 479 g/mol. The highest BCUT2D eigenvalue weighted by atomic mass is 15.3. The number of imidazole rings is 1. The van der Waals surface area contributed by atoms with Crippen molar-refractivity contribution in [1.29, 1.82) is 0 Å². The van der Waals surface area contributed by atoms with Crippen molar-refractivity contribution < 1.29 is 0 Å². The number of pyridine rings is 2. The highest BCUT2D eigenvalue weighted by Crippen LogP contribution is 2.30. The van der Waals surface area contributed by atoms with Crippen LogP contribution in [0.15, 0.2) is 61.1 Å². The molecule has 5 aromatic rings. The zero-order valence-electron chi connectivity index (χ0n) is 20.7. The number of nitrogens with one attached hydrogen (secondary N) is 2. The van der Waals surface area contributed by atoms with Gasteiger partial charge in [0.25, 0.3) is 0 Å². The third kappa shape index (κ3) is 4.72. The molecule has 0 bridgehead atoms. The molecule has 0 spiro atoms. The number of benzene rings is 1. The first kappa shape index (κ1) is 22.4. The van der Waals surface area contributed by atoms with Crippen LogP contribution in [0.4, 0.5) is 5.69 Å². The normalized spacial score (nSPS) is 14.1. The van der Waals surface area contributed by atoms with Crippen molar-refractivity contribution in [1.82, 2.24) is 34.4 Å². The van der Waals surface area contributed by atoms with E-state index in [4.69, 9.17) is 9.97 Å². The number of anilines is 1. The second-order valence-corrected chi connectivity index (χ2v) is 9.60. The maximum Gasteiger partial charge on any atom is 0.155 e. The van der Waals surface area contributed by atoms with Crippen LogP contribution in [0.1, 0.15) is 35.5 Å². The molecule has 1 aliphatic rings. The molecule has 0 radical (unpaired) electrons. The van der Waals surface area contributed by atoms with Gasteiger partial charge in [0.2, 0.25) is 0 Å². The predicted molar refractivity (Wildman–Crippen MR) is 142 cm³/mol. The van der Waals surface area contributed by atoms with Crippen LogP contribution in [0.2, 0.25) is 0 Å². The Balaban J connectivity index is 1.30. The van der Waals surface area contributed by atoms with Crippen molar-refractivity contribution in [2.24, 2.45) is 0 Å². The van der Waals surface area contributed by atoms with Crippen LogP contribution < -0.4 is 5.32 Å². The molecule has 6 rings (SSSR count). The fraction of sp³-hybridized carbons (Fsp3) is 0.286. The van der Waals surface area contributed by atoms with Crippen LogP contribution in [0.5, 0.6) is 0 Å². The summed E-state index contributed by atoms with van der Waals surface area (Å²) in [5.41, 5.74) is 9.06. The Hall–Kier alpha value is -4.04. The zero-order chi connectivity index (χ0) is 24.5. The third-order valence-corrected chi connectivity index (χ3v) is 6.65. The molecule has 0 amide bonds. The van der Waals surface area contributed by atoms with Crippen molar-refractivity contribution in [3.8, 4) is 22.6 Å². The third-order valence-electron chi connectivity index (χ3n) is 6.65. The maximum atomic E-state index is 4.99. The molecule has 1 fully saturated rings. The molecule has 1 aromatic carbocycles. The van der Waals surface area contributed by atoms with Gasteiger partial charge < -0.3 is 10.3 Å². The van der Waals surface area contributed by atoms with Gasteiger partial charge in [-0.05, 0) is 87.3 Å². The van der Waals surface area contributed by atoms with Crippen molar-refractivity contribution in [3.63, 3.8) is 0 Å². The maximum absolute atomic E-state index is 4.99.